The summed E-state index contributed by atoms with van der Waals surface area (Å²) in [6.45, 7) is 8.32. The molecule has 0 saturated carbocycles. The summed E-state index contributed by atoms with van der Waals surface area (Å²) >= 11 is 0. The number of nitrogens with one attached hydrogen (secondary N) is 1. The molecule has 1 N–H and O–H groups in total. The molecule has 0 radical (unpaired) electrons. The van der Waals surface area contributed by atoms with Crippen molar-refractivity contribution >= 4 is 17.3 Å². The number of para-hydroxylation sites is 2. The maximum absolute atomic E-state index is 13.1. The van der Waals surface area contributed by atoms with E-state index in [4.69, 9.17) is 4.74 Å². The number of rotatable bonds is 6. The Morgan fingerprint density at radius 2 is 1.75 bits per heavy atom. The predicted octanol–water partition coefficient (Wildman–Crippen LogP) is 4.28. The Kier molecular flexibility index (Phi) is 6.71. The zero-order valence-corrected chi connectivity index (χ0v) is 19.0. The summed E-state index contributed by atoms with van der Waals surface area (Å²) in [4.78, 5) is 21.9. The summed E-state index contributed by atoms with van der Waals surface area (Å²) in [5, 5.41) is 3.12. The molecule has 1 aromatic heterocycles. The summed E-state index contributed by atoms with van der Waals surface area (Å²) in [6.07, 6.45) is 3.54. The van der Waals surface area contributed by atoms with Crippen molar-refractivity contribution in [2.45, 2.75) is 20.5 Å². The van der Waals surface area contributed by atoms with Gasteiger partial charge in [-0.15, -0.1) is 0 Å². The number of hydrogen-bond acceptors (Lipinski definition) is 5. The highest BCUT2D eigenvalue weighted by molar-refractivity contribution is 6.06. The van der Waals surface area contributed by atoms with E-state index in [0.29, 0.717) is 12.2 Å². The van der Waals surface area contributed by atoms with Crippen LogP contribution in [0.4, 0.5) is 11.4 Å². The van der Waals surface area contributed by atoms with Gasteiger partial charge in [-0.05, 0) is 62.4 Å². The van der Waals surface area contributed by atoms with Gasteiger partial charge in [-0.3, -0.25) is 9.78 Å². The van der Waals surface area contributed by atoms with Crippen LogP contribution in [-0.4, -0.2) is 49.0 Å². The van der Waals surface area contributed by atoms with Gasteiger partial charge in [-0.1, -0.05) is 18.2 Å². The number of piperazine rings is 1. The average molecular weight is 431 g/mol. The molecule has 1 fully saturated rings. The van der Waals surface area contributed by atoms with E-state index >= 15 is 0 Å². The van der Waals surface area contributed by atoms with Gasteiger partial charge < -0.3 is 19.9 Å². The van der Waals surface area contributed by atoms with Crippen LogP contribution in [0.1, 0.15) is 27.0 Å². The van der Waals surface area contributed by atoms with E-state index in [2.05, 4.69) is 33.2 Å². The lowest BCUT2D eigenvalue weighted by atomic mass is 10.0. The largest absolute Gasteiger partial charge is 0.488 e. The molecule has 6 nitrogen and oxygen atoms in total. The SMILES string of the molecule is Cc1cc(C(=O)Nc2ccccc2N2CCN(C)CC2)cc(C)c1OCc1cccnc1. The van der Waals surface area contributed by atoms with Crippen LogP contribution in [0.15, 0.2) is 60.9 Å². The van der Waals surface area contributed by atoms with E-state index in [9.17, 15) is 4.79 Å². The molecule has 3 aromatic rings. The number of nitrogens with zero attached hydrogens (tertiary/aromatic N) is 3. The van der Waals surface area contributed by atoms with Gasteiger partial charge in [0.05, 0.1) is 11.4 Å². The first-order chi connectivity index (χ1) is 15.5. The van der Waals surface area contributed by atoms with Gasteiger partial charge in [0.2, 0.25) is 0 Å². The number of ether oxygens (including phenoxy) is 1. The molecule has 2 heterocycles. The van der Waals surface area contributed by atoms with Crippen LogP contribution in [0.25, 0.3) is 0 Å². The fourth-order valence-corrected chi connectivity index (χ4v) is 4.04. The Morgan fingerprint density at radius 1 is 1.03 bits per heavy atom. The van der Waals surface area contributed by atoms with Crippen molar-refractivity contribution in [3.63, 3.8) is 0 Å². The Hall–Kier alpha value is -3.38. The summed E-state index contributed by atoms with van der Waals surface area (Å²) in [5.41, 5.74) is 5.42. The Bertz CT molecular complexity index is 1050. The third-order valence-electron chi connectivity index (χ3n) is 5.82. The molecule has 1 saturated heterocycles. The van der Waals surface area contributed by atoms with Crippen LogP contribution in [0.5, 0.6) is 5.75 Å². The van der Waals surface area contributed by atoms with Crippen LogP contribution in [0.2, 0.25) is 0 Å². The van der Waals surface area contributed by atoms with Crippen LogP contribution in [0, 0.1) is 13.8 Å². The monoisotopic (exact) mass is 430 g/mol. The van der Waals surface area contributed by atoms with Gasteiger partial charge in [0.15, 0.2) is 0 Å². The first kappa shape index (κ1) is 21.8. The Labute approximate surface area is 189 Å². The highest BCUT2D eigenvalue weighted by Gasteiger charge is 2.19. The number of aryl methyl sites for hydroxylation is 2. The van der Waals surface area contributed by atoms with Gasteiger partial charge in [-0.2, -0.15) is 0 Å². The summed E-state index contributed by atoms with van der Waals surface area (Å²) in [7, 11) is 2.14. The van der Waals surface area contributed by atoms with Crippen LogP contribution < -0.4 is 15.0 Å². The molecule has 0 atom stereocenters. The number of aromatic nitrogens is 1. The number of hydrogen-bond donors (Lipinski definition) is 1. The van der Waals surface area contributed by atoms with E-state index < -0.39 is 0 Å². The fourth-order valence-electron chi connectivity index (χ4n) is 4.04. The minimum Gasteiger partial charge on any atom is -0.488 e. The molecule has 32 heavy (non-hydrogen) atoms. The highest BCUT2D eigenvalue weighted by atomic mass is 16.5. The van der Waals surface area contributed by atoms with Crippen LogP contribution in [0.3, 0.4) is 0 Å². The zero-order chi connectivity index (χ0) is 22.5. The lowest BCUT2D eigenvalue weighted by Crippen LogP contribution is -2.44. The summed E-state index contributed by atoms with van der Waals surface area (Å²) in [6, 6.07) is 15.7. The van der Waals surface area contributed by atoms with E-state index in [1.807, 2.05) is 56.3 Å². The molecule has 0 unspecified atom stereocenters. The molecular weight excluding hydrogens is 400 g/mol. The van der Waals surface area contributed by atoms with E-state index in [1.54, 1.807) is 12.4 Å². The topological polar surface area (TPSA) is 57.7 Å². The molecule has 1 amide bonds. The second kappa shape index (κ2) is 9.83. The standard InChI is InChI=1S/C26H30N4O2/c1-19-15-22(16-20(2)25(19)32-18-21-7-6-10-27-17-21)26(31)28-23-8-4-5-9-24(23)30-13-11-29(3)12-14-30/h4-10,15-17H,11-14,18H2,1-3H3,(H,28,31). The van der Waals surface area contributed by atoms with Crippen molar-refractivity contribution < 1.29 is 9.53 Å². The first-order valence-electron chi connectivity index (χ1n) is 11.0. The number of anilines is 2. The number of amides is 1. The van der Waals surface area contributed by atoms with Gasteiger partial charge in [0.25, 0.3) is 5.91 Å². The van der Waals surface area contributed by atoms with Gasteiger partial charge >= 0.3 is 0 Å². The lowest BCUT2D eigenvalue weighted by molar-refractivity contribution is 0.102. The average Bonchev–Trinajstić information content (AvgIpc) is 2.80. The maximum atomic E-state index is 13.1. The third kappa shape index (κ3) is 5.08. The minimum atomic E-state index is -0.114. The third-order valence-corrected chi connectivity index (χ3v) is 5.82. The molecule has 4 rings (SSSR count). The van der Waals surface area contributed by atoms with Gasteiger partial charge in [-0.25, -0.2) is 0 Å². The number of carbonyl (C=O) groups is 1. The number of carbonyl (C=O) groups excluding carboxylic acids is 1. The predicted molar refractivity (Wildman–Crippen MR) is 129 cm³/mol. The molecule has 0 bridgehead atoms. The maximum Gasteiger partial charge on any atom is 0.255 e. The fraction of sp³-hybridized carbons (Fsp3) is 0.308. The van der Waals surface area contributed by atoms with Crippen molar-refractivity contribution in [3.05, 3.63) is 83.2 Å². The molecular formula is C26H30N4O2. The van der Waals surface area contributed by atoms with Crippen molar-refractivity contribution in [2.75, 3.05) is 43.4 Å². The summed E-state index contributed by atoms with van der Waals surface area (Å²) in [5.74, 6) is 0.694. The molecule has 0 spiro atoms. The first-order valence-corrected chi connectivity index (χ1v) is 11.0. The van der Waals surface area contributed by atoms with Crippen LogP contribution in [-0.2, 0) is 6.61 Å². The van der Waals surface area contributed by atoms with Crippen LogP contribution >= 0.6 is 0 Å². The van der Waals surface area contributed by atoms with Gasteiger partial charge in [0, 0.05) is 49.7 Å². The number of benzene rings is 2. The van der Waals surface area contributed by atoms with Gasteiger partial charge in [0.1, 0.15) is 12.4 Å². The van der Waals surface area contributed by atoms with E-state index in [0.717, 1.165) is 60.0 Å². The van der Waals surface area contributed by atoms with Crippen molar-refractivity contribution in [2.24, 2.45) is 0 Å². The molecule has 6 heteroatoms. The Morgan fingerprint density at radius 3 is 2.44 bits per heavy atom. The van der Waals surface area contributed by atoms with Crippen molar-refractivity contribution in [1.29, 1.82) is 0 Å². The minimum absolute atomic E-state index is 0.114. The molecule has 1 aliphatic heterocycles. The second-order valence-electron chi connectivity index (χ2n) is 8.35. The zero-order valence-electron chi connectivity index (χ0n) is 19.0. The number of pyridine rings is 1. The number of likely N-dealkylation sites (N-methyl/N-ethyl adjacent to an activating group) is 1. The molecule has 166 valence electrons. The normalized spacial score (nSPS) is 14.3. The molecule has 0 aliphatic carbocycles. The summed E-state index contributed by atoms with van der Waals surface area (Å²) < 4.78 is 6.03. The quantitative estimate of drug-likeness (QED) is 0.633. The van der Waals surface area contributed by atoms with Crippen molar-refractivity contribution in [1.82, 2.24) is 9.88 Å². The second-order valence-corrected chi connectivity index (χ2v) is 8.35. The van der Waals surface area contributed by atoms with Crippen molar-refractivity contribution in [3.8, 4) is 5.75 Å². The highest BCUT2D eigenvalue weighted by Crippen LogP contribution is 2.29. The lowest BCUT2D eigenvalue weighted by Gasteiger charge is -2.35. The van der Waals surface area contributed by atoms with E-state index in [1.165, 1.54) is 0 Å². The molecule has 1 aliphatic rings. The molecule has 2 aromatic carbocycles. The smallest absolute Gasteiger partial charge is 0.255 e. The Balaban J connectivity index is 1.48. The van der Waals surface area contributed by atoms with E-state index in [-0.39, 0.29) is 5.91 Å².